The minimum atomic E-state index is -0.0325. The number of H-pyrrole nitrogens is 1. The van der Waals surface area contributed by atoms with E-state index in [1.54, 1.807) is 17.8 Å². The number of aromatic nitrogens is 6. The number of pyridine rings is 1. The fraction of sp³-hybridized carbons (Fsp3) is 0.261. The van der Waals surface area contributed by atoms with Crippen molar-refractivity contribution in [2.75, 3.05) is 0 Å². The summed E-state index contributed by atoms with van der Waals surface area (Å²) in [4.78, 5) is 21.2. The summed E-state index contributed by atoms with van der Waals surface area (Å²) in [5.74, 6) is 0. The van der Waals surface area contributed by atoms with Crippen LogP contribution in [0.2, 0.25) is 0 Å². The van der Waals surface area contributed by atoms with Crippen LogP contribution in [0.4, 0.5) is 0 Å². The van der Waals surface area contributed by atoms with Crippen LogP contribution in [0, 0.1) is 0 Å². The maximum atomic E-state index is 13.0. The van der Waals surface area contributed by atoms with Gasteiger partial charge in [0.25, 0.3) is 0 Å². The highest BCUT2D eigenvalue weighted by Gasteiger charge is 2.24. The van der Waals surface area contributed by atoms with E-state index in [1.807, 2.05) is 53.7 Å². The summed E-state index contributed by atoms with van der Waals surface area (Å²) in [5.41, 5.74) is 6.54. The van der Waals surface area contributed by atoms with Crippen LogP contribution in [0.15, 0.2) is 53.7 Å². The fourth-order valence-corrected chi connectivity index (χ4v) is 4.23. The van der Waals surface area contributed by atoms with E-state index in [0.29, 0.717) is 0 Å². The van der Waals surface area contributed by atoms with E-state index in [4.69, 9.17) is 0 Å². The fourth-order valence-electron chi connectivity index (χ4n) is 4.23. The lowest BCUT2D eigenvalue weighted by Crippen LogP contribution is -2.23. The number of rotatable bonds is 4. The zero-order chi connectivity index (χ0) is 21.0. The van der Waals surface area contributed by atoms with Crippen molar-refractivity contribution in [3.63, 3.8) is 0 Å². The number of hydrogen-bond donors (Lipinski definition) is 1. The summed E-state index contributed by atoms with van der Waals surface area (Å²) >= 11 is 0. The zero-order valence-electron chi connectivity index (χ0n) is 17.5. The first-order valence-electron chi connectivity index (χ1n) is 10.2. The molecule has 1 aromatic carbocycles. The third kappa shape index (κ3) is 2.55. The van der Waals surface area contributed by atoms with Gasteiger partial charge in [-0.3, -0.25) is 13.8 Å². The molecule has 152 valence electrons. The Morgan fingerprint density at radius 3 is 2.53 bits per heavy atom. The van der Waals surface area contributed by atoms with Crippen LogP contribution in [0.5, 0.6) is 0 Å². The van der Waals surface area contributed by atoms with Gasteiger partial charge in [-0.2, -0.15) is 5.10 Å². The molecule has 0 amide bonds. The molecule has 0 saturated carbocycles. The monoisotopic (exact) mass is 400 g/mol. The summed E-state index contributed by atoms with van der Waals surface area (Å²) in [7, 11) is 1.80. The van der Waals surface area contributed by atoms with Crippen LogP contribution in [0.3, 0.4) is 0 Å². The number of aromatic amines is 1. The van der Waals surface area contributed by atoms with Crippen molar-refractivity contribution >= 4 is 22.1 Å². The highest BCUT2D eigenvalue weighted by atomic mass is 16.1. The standard InChI is InChI=1S/C23H24N6O/c1-5-28-13-16(11-25-28)20-18(15-9-7-6-8-10-15)19-21-17(12-24-22(19)26-20)27(4)23(30)29(21)14(2)3/h6-14H,5H2,1-4H3,(H,24,26). The Hall–Kier alpha value is -3.61. The zero-order valence-corrected chi connectivity index (χ0v) is 17.5. The van der Waals surface area contributed by atoms with E-state index in [-0.39, 0.29) is 11.7 Å². The molecule has 5 rings (SSSR count). The first kappa shape index (κ1) is 18.4. The quantitative estimate of drug-likeness (QED) is 0.487. The molecule has 4 aromatic heterocycles. The Bertz CT molecular complexity index is 1430. The van der Waals surface area contributed by atoms with E-state index in [2.05, 4.69) is 34.1 Å². The minimum Gasteiger partial charge on any atom is -0.339 e. The Labute approximate surface area is 173 Å². The predicted octanol–water partition coefficient (Wildman–Crippen LogP) is 4.35. The van der Waals surface area contributed by atoms with Gasteiger partial charge in [0.05, 0.1) is 34.5 Å². The van der Waals surface area contributed by atoms with E-state index in [1.165, 1.54) is 0 Å². The maximum absolute atomic E-state index is 13.0. The third-order valence-electron chi connectivity index (χ3n) is 5.70. The molecule has 0 bridgehead atoms. The minimum absolute atomic E-state index is 0.0246. The van der Waals surface area contributed by atoms with Gasteiger partial charge in [0.2, 0.25) is 0 Å². The van der Waals surface area contributed by atoms with Crippen LogP contribution in [0.25, 0.3) is 44.5 Å². The van der Waals surface area contributed by atoms with Crippen molar-refractivity contribution in [2.45, 2.75) is 33.4 Å². The summed E-state index contributed by atoms with van der Waals surface area (Å²) in [6, 6.07) is 10.3. The normalized spacial score (nSPS) is 11.9. The molecule has 0 unspecified atom stereocenters. The summed E-state index contributed by atoms with van der Waals surface area (Å²) in [6.07, 6.45) is 5.69. The Balaban J connectivity index is 1.99. The topological polar surface area (TPSA) is 73.4 Å². The summed E-state index contributed by atoms with van der Waals surface area (Å²) in [5, 5.41) is 5.42. The van der Waals surface area contributed by atoms with Gasteiger partial charge in [-0.25, -0.2) is 9.78 Å². The first-order valence-corrected chi connectivity index (χ1v) is 10.2. The van der Waals surface area contributed by atoms with Crippen molar-refractivity contribution in [1.82, 2.24) is 28.9 Å². The lowest BCUT2D eigenvalue weighted by atomic mass is 9.99. The predicted molar refractivity (Wildman–Crippen MR) is 120 cm³/mol. The molecule has 0 radical (unpaired) electrons. The molecule has 0 spiro atoms. The lowest BCUT2D eigenvalue weighted by Gasteiger charge is -2.09. The molecule has 7 nitrogen and oxygen atoms in total. The summed E-state index contributed by atoms with van der Waals surface area (Å²) in [6.45, 7) is 6.94. The lowest BCUT2D eigenvalue weighted by molar-refractivity contribution is 0.584. The van der Waals surface area contributed by atoms with Crippen LogP contribution in [-0.2, 0) is 13.6 Å². The van der Waals surface area contributed by atoms with Gasteiger partial charge >= 0.3 is 5.69 Å². The second kappa shape index (κ2) is 6.73. The average molecular weight is 400 g/mol. The first-order chi connectivity index (χ1) is 14.5. The van der Waals surface area contributed by atoms with E-state index >= 15 is 0 Å². The van der Waals surface area contributed by atoms with Crippen LogP contribution < -0.4 is 5.69 Å². The van der Waals surface area contributed by atoms with E-state index in [9.17, 15) is 4.79 Å². The number of nitrogens with one attached hydrogen (secondary N) is 1. The molecule has 0 aliphatic rings. The number of benzene rings is 1. The van der Waals surface area contributed by atoms with Gasteiger partial charge < -0.3 is 4.98 Å². The summed E-state index contributed by atoms with van der Waals surface area (Å²) < 4.78 is 5.45. The van der Waals surface area contributed by atoms with Crippen LogP contribution in [0.1, 0.15) is 26.8 Å². The molecule has 1 N–H and O–H groups in total. The third-order valence-corrected chi connectivity index (χ3v) is 5.70. The van der Waals surface area contributed by atoms with E-state index < -0.39 is 0 Å². The molecule has 0 saturated heterocycles. The second-order valence-electron chi connectivity index (χ2n) is 7.85. The van der Waals surface area contributed by atoms with Gasteiger partial charge in [-0.15, -0.1) is 0 Å². The molecule has 0 atom stereocenters. The van der Waals surface area contributed by atoms with Crippen LogP contribution in [-0.4, -0.2) is 28.9 Å². The second-order valence-corrected chi connectivity index (χ2v) is 7.85. The largest absolute Gasteiger partial charge is 0.339 e. The SMILES string of the molecule is CCn1cc(-c2[nH]c3ncc4c(c3c2-c2ccccc2)n(C(C)C)c(=O)n4C)cn1. The van der Waals surface area contributed by atoms with Crippen molar-refractivity contribution in [3.8, 4) is 22.4 Å². The highest BCUT2D eigenvalue weighted by Crippen LogP contribution is 2.40. The molecule has 7 heteroatoms. The van der Waals surface area contributed by atoms with Gasteiger partial charge in [-0.05, 0) is 26.3 Å². The molecule has 4 heterocycles. The van der Waals surface area contributed by atoms with Crippen molar-refractivity contribution in [3.05, 3.63) is 59.4 Å². The molecule has 0 aliphatic carbocycles. The Kier molecular flexibility index (Phi) is 4.13. The number of nitrogens with zero attached hydrogens (tertiary/aromatic N) is 5. The molecule has 0 aliphatic heterocycles. The Morgan fingerprint density at radius 2 is 1.87 bits per heavy atom. The molecular formula is C23H24N6O. The van der Waals surface area contributed by atoms with Crippen molar-refractivity contribution in [2.24, 2.45) is 7.05 Å². The van der Waals surface area contributed by atoms with E-state index in [0.717, 1.165) is 51.0 Å². The maximum Gasteiger partial charge on any atom is 0.329 e. The van der Waals surface area contributed by atoms with Crippen molar-refractivity contribution < 1.29 is 0 Å². The smallest absolute Gasteiger partial charge is 0.329 e. The van der Waals surface area contributed by atoms with Gasteiger partial charge in [-0.1, -0.05) is 30.3 Å². The van der Waals surface area contributed by atoms with Gasteiger partial charge in [0.15, 0.2) is 0 Å². The number of imidazole rings is 1. The van der Waals surface area contributed by atoms with Gasteiger partial charge in [0, 0.05) is 37.0 Å². The van der Waals surface area contributed by atoms with Gasteiger partial charge in [0.1, 0.15) is 5.65 Å². The molecule has 0 fully saturated rings. The number of fused-ring (bicyclic) bond motifs is 3. The average Bonchev–Trinajstić information content (AvgIpc) is 3.43. The number of aryl methyl sites for hydroxylation is 2. The molecular weight excluding hydrogens is 376 g/mol. The Morgan fingerprint density at radius 1 is 1.10 bits per heavy atom. The van der Waals surface area contributed by atoms with Crippen molar-refractivity contribution in [1.29, 1.82) is 0 Å². The molecule has 5 aromatic rings. The van der Waals surface area contributed by atoms with Crippen LogP contribution >= 0.6 is 0 Å². The molecule has 30 heavy (non-hydrogen) atoms. The highest BCUT2D eigenvalue weighted by molar-refractivity contribution is 6.14. The number of hydrogen-bond acceptors (Lipinski definition) is 3.